The van der Waals surface area contributed by atoms with Crippen LogP contribution in [0.25, 0.3) is 21.5 Å². The molecule has 0 spiro atoms. The number of anilines is 1. The molecule has 16 heteroatoms. The second-order valence-corrected chi connectivity index (χ2v) is 11.0. The van der Waals surface area contributed by atoms with Gasteiger partial charge in [0, 0.05) is 35.8 Å². The van der Waals surface area contributed by atoms with E-state index in [1.165, 1.54) is 23.5 Å². The van der Waals surface area contributed by atoms with E-state index in [9.17, 15) is 26.3 Å². The van der Waals surface area contributed by atoms with Crippen LogP contribution in [0.4, 0.5) is 31.5 Å². The smallest absolute Gasteiger partial charge is 0.490 e. The number of halogens is 6. The SMILES string of the molecule is COc1ccc(CNC(CNc2nnc(-c3ccc4n[nH]c(C)c4c3)s2)Cc2cccc(C(F)(F)F)c2)cc1.O=C(O)C(F)(F)F. The van der Waals surface area contributed by atoms with E-state index in [4.69, 9.17) is 14.6 Å². The molecular formula is C30H28F6N6O3S. The van der Waals surface area contributed by atoms with Crippen LogP contribution in [0.1, 0.15) is 22.4 Å². The summed E-state index contributed by atoms with van der Waals surface area (Å²) in [6, 6.07) is 18.9. The summed E-state index contributed by atoms with van der Waals surface area (Å²) in [6.45, 7) is 2.96. The molecule has 9 nitrogen and oxygen atoms in total. The minimum absolute atomic E-state index is 0.173. The molecule has 0 aliphatic heterocycles. The maximum atomic E-state index is 13.3. The summed E-state index contributed by atoms with van der Waals surface area (Å²) in [5.74, 6) is -2.00. The van der Waals surface area contributed by atoms with Gasteiger partial charge in [-0.25, -0.2) is 4.79 Å². The van der Waals surface area contributed by atoms with Crippen molar-refractivity contribution in [3.05, 3.63) is 89.1 Å². The topological polar surface area (TPSA) is 125 Å². The predicted molar refractivity (Wildman–Crippen MR) is 161 cm³/mol. The van der Waals surface area contributed by atoms with E-state index in [1.807, 2.05) is 49.4 Å². The number of rotatable bonds is 10. The quantitative estimate of drug-likeness (QED) is 0.119. The van der Waals surface area contributed by atoms with Crippen LogP contribution in [-0.2, 0) is 23.9 Å². The molecule has 1 unspecified atom stereocenters. The van der Waals surface area contributed by atoms with Crippen molar-refractivity contribution in [3.8, 4) is 16.3 Å². The van der Waals surface area contributed by atoms with Gasteiger partial charge in [0.05, 0.1) is 18.2 Å². The van der Waals surface area contributed by atoms with Gasteiger partial charge in [-0.15, -0.1) is 10.2 Å². The third-order valence-corrected chi connectivity index (χ3v) is 7.58. The largest absolute Gasteiger partial charge is 0.497 e. The number of aromatic nitrogens is 4. The number of ether oxygens (including phenoxy) is 1. The summed E-state index contributed by atoms with van der Waals surface area (Å²) < 4.78 is 76.8. The Morgan fingerprint density at radius 3 is 2.37 bits per heavy atom. The first-order chi connectivity index (χ1) is 21.7. The van der Waals surface area contributed by atoms with E-state index in [-0.39, 0.29) is 6.04 Å². The molecule has 0 saturated heterocycles. The summed E-state index contributed by atoms with van der Waals surface area (Å²) in [5, 5.41) is 32.2. The van der Waals surface area contributed by atoms with E-state index in [0.29, 0.717) is 30.2 Å². The molecule has 1 atom stereocenters. The number of benzene rings is 3. The number of carbonyl (C=O) groups is 1. The van der Waals surface area contributed by atoms with E-state index in [1.54, 1.807) is 13.2 Å². The van der Waals surface area contributed by atoms with Gasteiger partial charge in [-0.1, -0.05) is 41.7 Å². The molecule has 46 heavy (non-hydrogen) atoms. The van der Waals surface area contributed by atoms with Crippen LogP contribution in [0.3, 0.4) is 0 Å². The van der Waals surface area contributed by atoms with Crippen molar-refractivity contribution in [1.82, 2.24) is 25.7 Å². The third-order valence-electron chi connectivity index (χ3n) is 6.65. The lowest BCUT2D eigenvalue weighted by Gasteiger charge is -2.20. The molecule has 0 fully saturated rings. The van der Waals surface area contributed by atoms with Crippen molar-refractivity contribution in [2.24, 2.45) is 0 Å². The number of hydrogen-bond acceptors (Lipinski definition) is 8. The zero-order valence-electron chi connectivity index (χ0n) is 24.3. The molecule has 0 amide bonds. The zero-order valence-corrected chi connectivity index (χ0v) is 25.1. The first-order valence-electron chi connectivity index (χ1n) is 13.6. The van der Waals surface area contributed by atoms with Crippen molar-refractivity contribution in [2.45, 2.75) is 38.3 Å². The molecule has 4 N–H and O–H groups in total. The first-order valence-corrected chi connectivity index (χ1v) is 14.4. The van der Waals surface area contributed by atoms with E-state index in [0.717, 1.165) is 44.5 Å². The average Bonchev–Trinajstić information content (AvgIpc) is 3.65. The van der Waals surface area contributed by atoms with Crippen LogP contribution < -0.4 is 15.4 Å². The number of nitrogens with zero attached hydrogens (tertiary/aromatic N) is 3. The van der Waals surface area contributed by atoms with Gasteiger partial charge in [-0.2, -0.15) is 31.4 Å². The molecule has 2 heterocycles. The number of carboxylic acids is 1. The number of carboxylic acid groups (broad SMARTS) is 1. The number of fused-ring (bicyclic) bond motifs is 1. The number of hydrogen-bond donors (Lipinski definition) is 4. The summed E-state index contributed by atoms with van der Waals surface area (Å²) in [7, 11) is 1.61. The number of aliphatic carboxylic acids is 1. The van der Waals surface area contributed by atoms with Gasteiger partial charge in [-0.05, 0) is 60.9 Å². The lowest BCUT2D eigenvalue weighted by Crippen LogP contribution is -2.37. The lowest BCUT2D eigenvalue weighted by atomic mass is 10.0. The molecule has 0 bridgehead atoms. The molecule has 0 radical (unpaired) electrons. The maximum Gasteiger partial charge on any atom is 0.490 e. The Hall–Kier alpha value is -4.70. The van der Waals surface area contributed by atoms with Crippen LogP contribution in [-0.4, -0.2) is 57.3 Å². The third kappa shape index (κ3) is 9.40. The number of nitrogens with one attached hydrogen (secondary N) is 3. The molecule has 3 aromatic carbocycles. The second kappa shape index (κ2) is 14.6. The second-order valence-electron chi connectivity index (χ2n) is 10.0. The minimum atomic E-state index is -5.08. The molecule has 0 saturated carbocycles. The fourth-order valence-electron chi connectivity index (χ4n) is 4.27. The number of alkyl halides is 6. The Morgan fingerprint density at radius 2 is 1.72 bits per heavy atom. The molecule has 5 aromatic rings. The Balaban J connectivity index is 0.000000617. The zero-order chi connectivity index (χ0) is 33.5. The van der Waals surface area contributed by atoms with E-state index < -0.39 is 23.9 Å². The van der Waals surface area contributed by atoms with Crippen molar-refractivity contribution < 1.29 is 41.0 Å². The highest BCUT2D eigenvalue weighted by Crippen LogP contribution is 2.31. The first kappa shape index (κ1) is 34.2. The summed E-state index contributed by atoms with van der Waals surface area (Å²) >= 11 is 1.42. The number of aromatic amines is 1. The highest BCUT2D eigenvalue weighted by Gasteiger charge is 2.38. The molecule has 5 rings (SSSR count). The normalized spacial score (nSPS) is 12.3. The summed E-state index contributed by atoms with van der Waals surface area (Å²) in [4.78, 5) is 8.90. The molecule has 2 aromatic heterocycles. The Morgan fingerprint density at radius 1 is 1.00 bits per heavy atom. The van der Waals surface area contributed by atoms with Gasteiger partial charge < -0.3 is 20.5 Å². The van der Waals surface area contributed by atoms with Crippen molar-refractivity contribution in [3.63, 3.8) is 0 Å². The number of methoxy groups -OCH3 is 1. The van der Waals surface area contributed by atoms with Gasteiger partial charge in [-0.3, -0.25) is 5.10 Å². The Kier molecular flexibility index (Phi) is 10.8. The summed E-state index contributed by atoms with van der Waals surface area (Å²) in [5.41, 5.74) is 3.79. The van der Waals surface area contributed by atoms with Gasteiger partial charge in [0.25, 0.3) is 0 Å². The number of H-pyrrole nitrogens is 1. The number of aryl methyl sites for hydroxylation is 1. The van der Waals surface area contributed by atoms with Crippen molar-refractivity contribution in [2.75, 3.05) is 19.0 Å². The molecular weight excluding hydrogens is 638 g/mol. The average molecular weight is 667 g/mol. The highest BCUT2D eigenvalue weighted by molar-refractivity contribution is 7.18. The van der Waals surface area contributed by atoms with Crippen LogP contribution >= 0.6 is 11.3 Å². The minimum Gasteiger partial charge on any atom is -0.497 e. The highest BCUT2D eigenvalue weighted by atomic mass is 32.1. The maximum absolute atomic E-state index is 13.3. The fraction of sp³-hybridized carbons (Fsp3) is 0.267. The van der Waals surface area contributed by atoms with Crippen LogP contribution in [0.15, 0.2) is 66.7 Å². The fourth-order valence-corrected chi connectivity index (χ4v) is 5.02. The molecule has 0 aliphatic carbocycles. The molecule has 0 aliphatic rings. The molecule has 244 valence electrons. The monoisotopic (exact) mass is 666 g/mol. The van der Waals surface area contributed by atoms with Gasteiger partial charge >= 0.3 is 18.3 Å². The van der Waals surface area contributed by atoms with Crippen LogP contribution in [0, 0.1) is 6.92 Å². The Bertz CT molecular complexity index is 1750. The van der Waals surface area contributed by atoms with Gasteiger partial charge in [0.15, 0.2) is 0 Å². The summed E-state index contributed by atoms with van der Waals surface area (Å²) in [6.07, 6.45) is -9.07. The Labute approximate surface area is 262 Å². The standard InChI is InChI=1S/C28H27F3N6OS.C2HF3O2/c1-17-24-14-20(8-11-25(24)35-34-17)26-36-37-27(39-26)33-16-22(32-15-18-6-9-23(38-2)10-7-18)13-19-4-3-5-21(12-19)28(29,30)31;3-2(4,5)1(6)7/h3-12,14,22,32H,13,15-16H2,1-2H3,(H,33,37)(H,34,35);(H,6,7). The van der Waals surface area contributed by atoms with Crippen molar-refractivity contribution >= 4 is 33.3 Å². The van der Waals surface area contributed by atoms with E-state index >= 15 is 0 Å². The lowest BCUT2D eigenvalue weighted by molar-refractivity contribution is -0.192. The van der Waals surface area contributed by atoms with Gasteiger partial charge in [0.2, 0.25) is 5.13 Å². The predicted octanol–water partition coefficient (Wildman–Crippen LogP) is 6.86. The van der Waals surface area contributed by atoms with Crippen LogP contribution in [0.5, 0.6) is 5.75 Å². The van der Waals surface area contributed by atoms with Crippen LogP contribution in [0.2, 0.25) is 0 Å². The van der Waals surface area contributed by atoms with Gasteiger partial charge in [0.1, 0.15) is 10.8 Å². The van der Waals surface area contributed by atoms with Crippen molar-refractivity contribution in [1.29, 1.82) is 0 Å². The van der Waals surface area contributed by atoms with E-state index in [2.05, 4.69) is 31.0 Å².